The Morgan fingerprint density at radius 3 is 0.864 bits per heavy atom. The van der Waals surface area contributed by atoms with E-state index in [4.69, 9.17) is 61.9 Å². The Kier molecular flexibility index (Phi) is 36.3. The molecule has 0 aromatic rings. The molecule has 0 heterocycles. The lowest BCUT2D eigenvalue weighted by Crippen LogP contribution is -2.30. The molecule has 44 heavy (non-hydrogen) atoms. The van der Waals surface area contributed by atoms with E-state index in [2.05, 4.69) is 5.32 Å². The van der Waals surface area contributed by atoms with Crippen LogP contribution in [-0.2, 0) is 66.4 Å². The third-order valence-electron chi connectivity index (χ3n) is 5.06. The summed E-state index contributed by atoms with van der Waals surface area (Å²) >= 11 is 0. The van der Waals surface area contributed by atoms with Gasteiger partial charge in [0.1, 0.15) is 6.54 Å². The molecule has 0 unspecified atom stereocenters. The number of carbonyl (C=O) groups is 2. The van der Waals surface area contributed by atoms with Crippen LogP contribution in [-0.4, -0.2) is 183 Å². The quantitative estimate of drug-likeness (QED) is 0.0814. The molecule has 0 fully saturated rings. The highest BCUT2D eigenvalue weighted by molar-refractivity contribution is 5.81. The van der Waals surface area contributed by atoms with Gasteiger partial charge in [0.25, 0.3) is 0 Å². The summed E-state index contributed by atoms with van der Waals surface area (Å²) in [5.41, 5.74) is 0. The third-order valence-corrected chi connectivity index (χ3v) is 5.06. The van der Waals surface area contributed by atoms with Gasteiger partial charge in [-0.15, -0.1) is 0 Å². The minimum atomic E-state index is -1.08. The number of carboxylic acids is 1. The smallest absolute Gasteiger partial charge is 0.322 e. The Hall–Kier alpha value is -1.54. The van der Waals surface area contributed by atoms with Crippen molar-refractivity contribution in [2.75, 3.05) is 166 Å². The number of rotatable bonds is 38. The van der Waals surface area contributed by atoms with Crippen molar-refractivity contribution in [3.8, 4) is 0 Å². The number of carboxylic acid groups (broad SMARTS) is 1. The highest BCUT2D eigenvalue weighted by atomic mass is 16.6. The molecule has 0 bridgehead atoms. The van der Waals surface area contributed by atoms with Crippen LogP contribution in [0.3, 0.4) is 0 Å². The molecular formula is C28H55NO15. The maximum Gasteiger partial charge on any atom is 0.322 e. The fraction of sp³-hybridized carbons (Fsp3) is 0.929. The molecule has 0 atom stereocenters. The van der Waals surface area contributed by atoms with Crippen LogP contribution in [0.2, 0.25) is 0 Å². The lowest BCUT2D eigenvalue weighted by molar-refractivity contribution is -0.138. The lowest BCUT2D eigenvalue weighted by atomic mass is 10.4. The zero-order valence-corrected chi connectivity index (χ0v) is 26.3. The van der Waals surface area contributed by atoms with Crippen molar-refractivity contribution in [2.24, 2.45) is 0 Å². The third kappa shape index (κ3) is 38.5. The second-order valence-electron chi connectivity index (χ2n) is 8.65. The van der Waals surface area contributed by atoms with Gasteiger partial charge < -0.3 is 67.3 Å². The van der Waals surface area contributed by atoms with Crippen molar-refractivity contribution in [1.82, 2.24) is 5.32 Å². The second-order valence-corrected chi connectivity index (χ2v) is 8.65. The Morgan fingerprint density at radius 2 is 0.636 bits per heavy atom. The fourth-order valence-corrected chi connectivity index (χ4v) is 2.87. The van der Waals surface area contributed by atoms with Gasteiger partial charge in [0.2, 0.25) is 5.91 Å². The zero-order valence-electron chi connectivity index (χ0n) is 26.3. The molecule has 0 spiro atoms. The van der Waals surface area contributed by atoms with Gasteiger partial charge >= 0.3 is 5.97 Å². The van der Waals surface area contributed by atoms with Crippen LogP contribution in [0.15, 0.2) is 0 Å². The molecule has 1 amide bonds. The zero-order chi connectivity index (χ0) is 32.0. The summed E-state index contributed by atoms with van der Waals surface area (Å²) in [4.78, 5) is 21.6. The maximum absolute atomic E-state index is 11.3. The molecule has 262 valence electrons. The molecule has 0 saturated carbocycles. The topological polar surface area (TPSA) is 177 Å². The van der Waals surface area contributed by atoms with Crippen molar-refractivity contribution in [3.05, 3.63) is 0 Å². The minimum Gasteiger partial charge on any atom is -0.480 e. The number of hydrogen-bond acceptors (Lipinski definition) is 14. The molecule has 0 aromatic carbocycles. The molecular weight excluding hydrogens is 590 g/mol. The molecule has 0 aromatic heterocycles. The van der Waals surface area contributed by atoms with E-state index >= 15 is 0 Å². The van der Waals surface area contributed by atoms with Gasteiger partial charge in [-0.1, -0.05) is 0 Å². The predicted molar refractivity (Wildman–Crippen MR) is 156 cm³/mol. The summed E-state index contributed by atoms with van der Waals surface area (Å²) in [7, 11) is 1.64. The fourth-order valence-electron chi connectivity index (χ4n) is 2.87. The Labute approximate surface area is 261 Å². The SMILES string of the molecule is COCCOCCOCCOCCOCCOCCOCCOCCOCCOCCOCCOCCC(=O)NCC(=O)O. The normalized spacial score (nSPS) is 11.3. The molecule has 0 aliphatic carbocycles. The standard InChI is InChI=1S/C28H55NO15/c1-33-4-5-35-8-9-37-12-13-39-16-17-41-20-21-43-24-25-44-23-22-42-19-18-40-15-14-38-11-10-36-7-6-34-3-2-27(30)29-26-28(31)32/h2-26H2,1H3,(H,29,30)(H,31,32). The van der Waals surface area contributed by atoms with E-state index in [1.54, 1.807) is 7.11 Å². The molecule has 16 heteroatoms. The number of aliphatic carboxylic acids is 1. The molecule has 16 nitrogen and oxygen atoms in total. The molecule has 0 saturated heterocycles. The van der Waals surface area contributed by atoms with E-state index in [1.807, 2.05) is 0 Å². The summed E-state index contributed by atoms with van der Waals surface area (Å²) in [5, 5.41) is 10.7. The number of carbonyl (C=O) groups excluding carboxylic acids is 1. The van der Waals surface area contributed by atoms with Crippen LogP contribution in [0.4, 0.5) is 0 Å². The largest absolute Gasteiger partial charge is 0.480 e. The monoisotopic (exact) mass is 645 g/mol. The first-order valence-corrected chi connectivity index (χ1v) is 15.0. The van der Waals surface area contributed by atoms with Crippen LogP contribution in [0.5, 0.6) is 0 Å². The Morgan fingerprint density at radius 1 is 0.409 bits per heavy atom. The van der Waals surface area contributed by atoms with Gasteiger partial charge in [-0.05, 0) is 0 Å². The lowest BCUT2D eigenvalue weighted by Gasteiger charge is -2.09. The Balaban J connectivity index is 3.08. The number of nitrogens with one attached hydrogen (secondary N) is 1. The van der Waals surface area contributed by atoms with E-state index in [0.717, 1.165) is 0 Å². The second kappa shape index (κ2) is 37.6. The van der Waals surface area contributed by atoms with Crippen molar-refractivity contribution < 1.29 is 71.5 Å². The molecule has 0 aliphatic heterocycles. The minimum absolute atomic E-state index is 0.104. The summed E-state index contributed by atoms with van der Waals surface area (Å²) < 4.78 is 64.2. The van der Waals surface area contributed by atoms with Gasteiger partial charge in [0.15, 0.2) is 0 Å². The van der Waals surface area contributed by atoms with Gasteiger partial charge in [-0.2, -0.15) is 0 Å². The van der Waals surface area contributed by atoms with Crippen molar-refractivity contribution in [1.29, 1.82) is 0 Å². The van der Waals surface area contributed by atoms with E-state index in [0.29, 0.717) is 145 Å². The van der Waals surface area contributed by atoms with E-state index < -0.39 is 12.5 Å². The average molecular weight is 646 g/mol. The molecule has 0 radical (unpaired) electrons. The van der Waals surface area contributed by atoms with Crippen molar-refractivity contribution in [2.45, 2.75) is 6.42 Å². The number of hydrogen-bond donors (Lipinski definition) is 2. The van der Waals surface area contributed by atoms with Crippen LogP contribution in [0.25, 0.3) is 0 Å². The van der Waals surface area contributed by atoms with Crippen LogP contribution in [0.1, 0.15) is 6.42 Å². The van der Waals surface area contributed by atoms with Crippen LogP contribution >= 0.6 is 0 Å². The molecule has 0 aliphatic rings. The molecule has 0 rings (SSSR count). The first kappa shape index (κ1) is 42.5. The number of methoxy groups -OCH3 is 1. The van der Waals surface area contributed by atoms with Gasteiger partial charge in [0.05, 0.1) is 152 Å². The van der Waals surface area contributed by atoms with Crippen LogP contribution in [0, 0.1) is 0 Å². The number of amides is 1. The maximum atomic E-state index is 11.3. The highest BCUT2D eigenvalue weighted by Gasteiger charge is 2.03. The summed E-state index contributed by atoms with van der Waals surface area (Å²) in [6, 6.07) is 0. The van der Waals surface area contributed by atoms with Gasteiger partial charge in [-0.3, -0.25) is 9.59 Å². The van der Waals surface area contributed by atoms with Crippen molar-refractivity contribution >= 4 is 11.9 Å². The van der Waals surface area contributed by atoms with E-state index in [1.165, 1.54) is 0 Å². The van der Waals surface area contributed by atoms with Gasteiger partial charge in [-0.25, -0.2) is 0 Å². The number of ether oxygens (including phenoxy) is 12. The summed E-state index contributed by atoms with van der Waals surface area (Å²) in [5.74, 6) is -1.45. The first-order chi connectivity index (χ1) is 21.7. The van der Waals surface area contributed by atoms with Crippen molar-refractivity contribution in [3.63, 3.8) is 0 Å². The van der Waals surface area contributed by atoms with Gasteiger partial charge in [0, 0.05) is 13.5 Å². The van der Waals surface area contributed by atoms with Crippen LogP contribution < -0.4 is 5.32 Å². The molecule has 2 N–H and O–H groups in total. The van der Waals surface area contributed by atoms with E-state index in [9.17, 15) is 9.59 Å². The average Bonchev–Trinajstić information content (AvgIpc) is 3.02. The summed E-state index contributed by atoms with van der Waals surface area (Å²) in [6.45, 7) is 10.5. The van der Waals surface area contributed by atoms with E-state index in [-0.39, 0.29) is 18.9 Å². The first-order valence-electron chi connectivity index (χ1n) is 15.0. The summed E-state index contributed by atoms with van der Waals surface area (Å²) in [6.07, 6.45) is 0.104. The predicted octanol–water partition coefficient (Wildman–Crippen LogP) is -0.594. The highest BCUT2D eigenvalue weighted by Crippen LogP contribution is 1.88. The Bertz CT molecular complexity index is 603.